The molecule has 6 atom stereocenters. The van der Waals surface area contributed by atoms with Crippen LogP contribution in [0.5, 0.6) is 11.6 Å². The Hall–Kier alpha value is -4.44. The van der Waals surface area contributed by atoms with Crippen molar-refractivity contribution in [2.75, 3.05) is 33.4 Å². The zero-order valence-electron chi connectivity index (χ0n) is 32.6. The van der Waals surface area contributed by atoms with E-state index in [-0.39, 0.29) is 37.4 Å². The molecule has 0 unspecified atom stereocenters. The molecule has 15 nitrogen and oxygen atoms in total. The van der Waals surface area contributed by atoms with Gasteiger partial charge in [0.25, 0.3) is 5.91 Å². The van der Waals surface area contributed by atoms with Crippen molar-refractivity contribution in [3.8, 4) is 11.6 Å². The molecule has 0 spiro atoms. The van der Waals surface area contributed by atoms with Crippen LogP contribution in [-0.4, -0.2) is 115 Å². The lowest BCUT2D eigenvalue weighted by Crippen LogP contribution is -2.60. The Labute approximate surface area is 333 Å². The quantitative estimate of drug-likeness (QED) is 0.335. The first-order valence-electron chi connectivity index (χ1n) is 20.6. The van der Waals surface area contributed by atoms with Crippen molar-refractivity contribution in [2.24, 2.45) is 11.8 Å². The molecule has 6 bridgehead atoms. The second-order valence-electron chi connectivity index (χ2n) is 16.7. The van der Waals surface area contributed by atoms with E-state index in [2.05, 4.69) is 26.9 Å². The molecular formula is C41H54N6O9S. The van der Waals surface area contributed by atoms with Gasteiger partial charge in [-0.05, 0) is 92.9 Å². The van der Waals surface area contributed by atoms with E-state index in [1.165, 1.54) is 11.0 Å². The third-order valence-electron chi connectivity index (χ3n) is 12.8. The molecule has 8 rings (SSSR count). The molecule has 4 heterocycles. The third-order valence-corrected chi connectivity index (χ3v) is 14.6. The van der Waals surface area contributed by atoms with Gasteiger partial charge in [-0.25, -0.2) is 18.2 Å². The van der Waals surface area contributed by atoms with E-state index in [9.17, 15) is 22.8 Å². The Morgan fingerprint density at radius 1 is 1.05 bits per heavy atom. The highest BCUT2D eigenvalue weighted by atomic mass is 32.2. The smallest absolute Gasteiger partial charge is 0.318 e. The maximum Gasteiger partial charge on any atom is 0.318 e. The molecule has 1 aromatic carbocycles. The predicted octanol–water partition coefficient (Wildman–Crippen LogP) is 3.35. The average molecular weight is 807 g/mol. The van der Waals surface area contributed by atoms with Gasteiger partial charge in [-0.2, -0.15) is 0 Å². The topological polar surface area (TPSA) is 186 Å². The van der Waals surface area contributed by atoms with Crippen molar-refractivity contribution >= 4 is 44.5 Å². The number of urea groups is 1. The van der Waals surface area contributed by atoms with Gasteiger partial charge >= 0.3 is 6.03 Å². The second kappa shape index (κ2) is 16.1. The molecule has 5 amide bonds. The lowest BCUT2D eigenvalue weighted by Gasteiger charge is -2.37. The van der Waals surface area contributed by atoms with Crippen LogP contribution in [0, 0.1) is 11.8 Å². The average Bonchev–Trinajstić information content (AvgIpc) is 4.15. The van der Waals surface area contributed by atoms with Crippen molar-refractivity contribution in [2.45, 2.75) is 119 Å². The van der Waals surface area contributed by atoms with Gasteiger partial charge in [-0.15, -0.1) is 6.58 Å². The van der Waals surface area contributed by atoms with Crippen LogP contribution in [0.3, 0.4) is 0 Å². The number of piperidine rings is 1. The van der Waals surface area contributed by atoms with Crippen LogP contribution in [0.1, 0.15) is 82.6 Å². The number of nitrogens with zero attached hydrogens (tertiary/aromatic N) is 3. The minimum Gasteiger partial charge on any atom is -0.496 e. The number of fused-ring (bicyclic) bond motifs is 5. The SMILES string of the molecule is C=C[C@@H]1C[C@]1(NC(=O)[C@@H]1C[C@@H]2CN1C(=O)[C@H](C1CCCCC1)NC(=O)N1CCC[C@@H](C1)OCCCc1cc3c(nccc3cc1OC)O2)C(=O)NS(=O)(=O)C1CC1. The van der Waals surface area contributed by atoms with Gasteiger partial charge in [0.2, 0.25) is 27.7 Å². The highest BCUT2D eigenvalue weighted by Crippen LogP contribution is 2.46. The van der Waals surface area contributed by atoms with E-state index in [4.69, 9.17) is 14.2 Å². The van der Waals surface area contributed by atoms with E-state index in [1.807, 2.05) is 18.2 Å². The molecule has 1 aromatic heterocycles. The summed E-state index contributed by atoms with van der Waals surface area (Å²) in [5.74, 6) is -1.38. The fourth-order valence-electron chi connectivity index (χ4n) is 9.27. The van der Waals surface area contributed by atoms with E-state index in [1.54, 1.807) is 18.2 Å². The van der Waals surface area contributed by atoms with Crippen LogP contribution in [0.15, 0.2) is 37.1 Å². The zero-order valence-corrected chi connectivity index (χ0v) is 33.4. The summed E-state index contributed by atoms with van der Waals surface area (Å²) in [7, 11) is -2.26. The Bertz CT molecular complexity index is 2020. The van der Waals surface area contributed by atoms with Gasteiger partial charge in [-0.1, -0.05) is 25.3 Å². The highest BCUT2D eigenvalue weighted by molar-refractivity contribution is 7.91. The maximum absolute atomic E-state index is 15.0. The lowest BCUT2D eigenvalue weighted by atomic mass is 9.83. The summed E-state index contributed by atoms with van der Waals surface area (Å²) in [6, 6.07) is 3.51. The van der Waals surface area contributed by atoms with Crippen LogP contribution in [0.4, 0.5) is 4.79 Å². The molecule has 308 valence electrons. The molecule has 3 aliphatic carbocycles. The summed E-state index contributed by atoms with van der Waals surface area (Å²) in [4.78, 5) is 65.0. The van der Waals surface area contributed by atoms with E-state index in [0.717, 1.165) is 73.5 Å². The number of ether oxygens (including phenoxy) is 3. The molecular weight excluding hydrogens is 753 g/mol. The number of hydrogen-bond donors (Lipinski definition) is 3. The molecule has 3 N–H and O–H groups in total. The number of hydrogen-bond acceptors (Lipinski definition) is 10. The van der Waals surface area contributed by atoms with Crippen LogP contribution in [-0.2, 0) is 35.6 Å². The molecule has 6 aliphatic rings. The molecule has 2 saturated heterocycles. The Balaban J connectivity index is 1.14. The third kappa shape index (κ3) is 8.16. The number of aryl methyl sites for hydroxylation is 1. The standard InChI is InChI=1S/C41H54N6O9S/c1-3-28-22-41(28,39(50)45-57(52,53)31-13-14-31)44-36(48)33-21-30-24-47(33)38(49)35(25-9-5-4-6-10-25)43-40(51)46-17-7-12-29(23-46)55-18-8-11-27-19-32-26(20-34(27)54-2)15-16-42-37(32)56-30/h3,15-16,19-20,25,28-31,33,35H,1,4-14,17-18,21-24H2,2H3,(H,43,51)(H,44,48)(H,45,50)/t28-,29+,30-,33+,35+,41-/m1/s1. The zero-order chi connectivity index (χ0) is 39.9. The van der Waals surface area contributed by atoms with Gasteiger partial charge in [0.05, 0.1) is 25.0 Å². The number of amides is 5. The number of carbonyl (C=O) groups excluding carboxylic acids is 4. The molecule has 16 heteroatoms. The van der Waals surface area contributed by atoms with E-state index < -0.39 is 62.6 Å². The Morgan fingerprint density at radius 3 is 2.60 bits per heavy atom. The summed E-state index contributed by atoms with van der Waals surface area (Å²) in [6.45, 7) is 5.30. The van der Waals surface area contributed by atoms with Gasteiger partial charge < -0.3 is 34.6 Å². The van der Waals surface area contributed by atoms with Gasteiger partial charge in [-0.3, -0.25) is 19.1 Å². The van der Waals surface area contributed by atoms with Gasteiger partial charge in [0.15, 0.2) is 0 Å². The van der Waals surface area contributed by atoms with Crippen molar-refractivity contribution in [3.05, 3.63) is 42.6 Å². The molecule has 5 fully saturated rings. The van der Waals surface area contributed by atoms with E-state index >= 15 is 4.79 Å². The number of benzene rings is 1. The number of carbonyl (C=O) groups is 4. The minimum absolute atomic E-state index is 0.0247. The normalized spacial score (nSPS) is 30.0. The van der Waals surface area contributed by atoms with Crippen molar-refractivity contribution in [1.29, 1.82) is 0 Å². The summed E-state index contributed by atoms with van der Waals surface area (Å²) in [6.07, 6.45) is 10.9. The molecule has 57 heavy (non-hydrogen) atoms. The number of sulfonamides is 1. The molecule has 2 aromatic rings. The summed E-state index contributed by atoms with van der Waals surface area (Å²) in [5, 5.41) is 6.97. The van der Waals surface area contributed by atoms with Crippen molar-refractivity contribution in [3.63, 3.8) is 0 Å². The Morgan fingerprint density at radius 2 is 1.86 bits per heavy atom. The van der Waals surface area contributed by atoms with Crippen LogP contribution in [0.25, 0.3) is 10.8 Å². The number of aromatic nitrogens is 1. The van der Waals surface area contributed by atoms with E-state index in [0.29, 0.717) is 44.8 Å². The lowest BCUT2D eigenvalue weighted by molar-refractivity contribution is -0.142. The summed E-state index contributed by atoms with van der Waals surface area (Å²) in [5.41, 5.74) is -0.575. The second-order valence-corrected chi connectivity index (χ2v) is 18.6. The highest BCUT2D eigenvalue weighted by Gasteiger charge is 2.62. The fraction of sp³-hybridized carbons (Fsp3) is 0.634. The van der Waals surface area contributed by atoms with Crippen molar-refractivity contribution < 1.29 is 41.8 Å². The van der Waals surface area contributed by atoms with Crippen molar-refractivity contribution in [1.82, 2.24) is 30.1 Å². The molecule has 3 saturated carbocycles. The largest absolute Gasteiger partial charge is 0.496 e. The Kier molecular flexibility index (Phi) is 11.1. The van der Waals surface area contributed by atoms with Gasteiger partial charge in [0, 0.05) is 43.6 Å². The molecule has 0 radical (unpaired) electrons. The number of rotatable bonds is 8. The fourth-order valence-corrected chi connectivity index (χ4v) is 10.6. The minimum atomic E-state index is -3.89. The number of pyridine rings is 1. The monoisotopic (exact) mass is 806 g/mol. The first kappa shape index (κ1) is 39.4. The number of methoxy groups -OCH3 is 1. The van der Waals surface area contributed by atoms with Gasteiger partial charge in [0.1, 0.15) is 29.5 Å². The van der Waals surface area contributed by atoms with Crippen LogP contribution < -0.4 is 24.8 Å². The summed E-state index contributed by atoms with van der Waals surface area (Å²) < 4.78 is 46.5. The van der Waals surface area contributed by atoms with Crippen LogP contribution in [0.2, 0.25) is 0 Å². The number of nitrogens with one attached hydrogen (secondary N) is 3. The first-order chi connectivity index (χ1) is 27.5. The van der Waals surface area contributed by atoms with Crippen LogP contribution >= 0.6 is 0 Å². The summed E-state index contributed by atoms with van der Waals surface area (Å²) >= 11 is 0. The predicted molar refractivity (Wildman–Crippen MR) is 210 cm³/mol. The maximum atomic E-state index is 15.0. The molecule has 3 aliphatic heterocycles. The first-order valence-corrected chi connectivity index (χ1v) is 22.1.